The number of benzene rings is 3. The quantitative estimate of drug-likeness (QED) is 0.208. The normalized spacial score (nSPS) is 11.7. The Morgan fingerprint density at radius 1 is 0.968 bits per heavy atom. The molecular weight excluding hydrogens is 484 g/mol. The number of carbonyl (C=O) groups excluding carboxylic acids is 2. The van der Waals surface area contributed by atoms with Crippen LogP contribution in [-0.2, 0) is 4.79 Å². The van der Waals surface area contributed by atoms with E-state index in [-0.39, 0.29) is 5.91 Å². The van der Waals surface area contributed by atoms with E-state index in [1.165, 1.54) is 6.21 Å². The molecule has 3 aromatic carbocycles. The lowest BCUT2D eigenvalue weighted by Crippen LogP contribution is -2.33. The van der Waals surface area contributed by atoms with Crippen LogP contribution in [0.25, 0.3) is 0 Å². The summed E-state index contributed by atoms with van der Waals surface area (Å²) in [4.78, 5) is 24.2. The van der Waals surface area contributed by atoms with Crippen molar-refractivity contribution in [1.29, 1.82) is 0 Å². The number of carbonyl (C=O) groups is 2. The number of halogens is 2. The lowest BCUT2D eigenvalue weighted by Gasteiger charge is -2.12. The maximum atomic E-state index is 12.1. The molecule has 0 aliphatic heterocycles. The lowest BCUT2D eigenvalue weighted by molar-refractivity contribution is -0.127. The van der Waals surface area contributed by atoms with Crippen molar-refractivity contribution in [3.05, 3.63) is 93.4 Å². The minimum absolute atomic E-state index is 0.382. The van der Waals surface area contributed by atoms with E-state index in [1.54, 1.807) is 67.6 Å². The van der Waals surface area contributed by atoms with E-state index in [0.717, 1.165) is 4.47 Å². The standard InChI is InChI=1S/C23H18BrClN2O4/c1-15(30-20-12-6-18(24)7-13-20)22(28)27-26-14-16-2-10-21(11-3-16)31-23(29)17-4-8-19(25)9-5-17/h2-15H,1H3,(H,27,28)/b26-14-/t15-/m1/s1. The second-order valence-corrected chi connectivity index (χ2v) is 7.77. The molecule has 0 saturated heterocycles. The number of nitrogens with one attached hydrogen (secondary N) is 1. The third kappa shape index (κ3) is 6.94. The van der Waals surface area contributed by atoms with Crippen molar-refractivity contribution in [2.75, 3.05) is 0 Å². The Kier molecular flexibility index (Phi) is 7.81. The molecule has 31 heavy (non-hydrogen) atoms. The first kappa shape index (κ1) is 22.5. The summed E-state index contributed by atoms with van der Waals surface area (Å²) < 4.78 is 11.8. The van der Waals surface area contributed by atoms with Crippen LogP contribution >= 0.6 is 27.5 Å². The molecule has 1 atom stereocenters. The molecule has 0 fully saturated rings. The lowest BCUT2D eigenvalue weighted by atomic mass is 10.2. The Morgan fingerprint density at radius 3 is 2.23 bits per heavy atom. The Bertz CT molecular complexity index is 1070. The van der Waals surface area contributed by atoms with Crippen LogP contribution in [0.5, 0.6) is 11.5 Å². The van der Waals surface area contributed by atoms with E-state index in [1.807, 2.05) is 12.1 Å². The molecule has 0 aromatic heterocycles. The minimum atomic E-state index is -0.715. The molecule has 0 bridgehead atoms. The fourth-order valence-electron chi connectivity index (χ4n) is 2.41. The first-order valence-corrected chi connectivity index (χ1v) is 10.4. The zero-order valence-electron chi connectivity index (χ0n) is 16.4. The molecule has 0 heterocycles. The van der Waals surface area contributed by atoms with Gasteiger partial charge in [-0.05, 0) is 85.3 Å². The van der Waals surface area contributed by atoms with Crippen LogP contribution in [0.2, 0.25) is 5.02 Å². The number of nitrogens with zero attached hydrogens (tertiary/aromatic N) is 1. The summed E-state index contributed by atoms with van der Waals surface area (Å²) in [7, 11) is 0. The fourth-order valence-corrected chi connectivity index (χ4v) is 2.80. The molecular formula is C23H18BrClN2O4. The first-order chi connectivity index (χ1) is 14.9. The van der Waals surface area contributed by atoms with Crippen molar-refractivity contribution in [2.24, 2.45) is 5.10 Å². The van der Waals surface area contributed by atoms with Gasteiger partial charge in [0, 0.05) is 9.50 Å². The molecule has 8 heteroatoms. The number of rotatable bonds is 7. The highest BCUT2D eigenvalue weighted by atomic mass is 79.9. The number of ether oxygens (including phenoxy) is 2. The molecule has 0 saturated carbocycles. The van der Waals surface area contributed by atoms with Crippen molar-refractivity contribution < 1.29 is 19.1 Å². The van der Waals surface area contributed by atoms with Crippen LogP contribution in [-0.4, -0.2) is 24.2 Å². The fraction of sp³-hybridized carbons (Fsp3) is 0.0870. The van der Waals surface area contributed by atoms with Crippen LogP contribution in [0.3, 0.4) is 0 Å². The highest BCUT2D eigenvalue weighted by molar-refractivity contribution is 9.10. The van der Waals surface area contributed by atoms with Crippen molar-refractivity contribution in [3.63, 3.8) is 0 Å². The van der Waals surface area contributed by atoms with E-state index in [0.29, 0.717) is 27.6 Å². The topological polar surface area (TPSA) is 77.0 Å². The summed E-state index contributed by atoms with van der Waals surface area (Å²) in [6.45, 7) is 1.64. The van der Waals surface area contributed by atoms with Crippen molar-refractivity contribution in [2.45, 2.75) is 13.0 Å². The SMILES string of the molecule is C[C@@H](Oc1ccc(Br)cc1)C(=O)N/N=C\c1ccc(OC(=O)c2ccc(Cl)cc2)cc1. The van der Waals surface area contributed by atoms with Gasteiger partial charge < -0.3 is 9.47 Å². The van der Waals surface area contributed by atoms with Gasteiger partial charge in [0.15, 0.2) is 6.10 Å². The smallest absolute Gasteiger partial charge is 0.343 e. The summed E-state index contributed by atoms with van der Waals surface area (Å²) in [5.74, 6) is 0.106. The largest absolute Gasteiger partial charge is 0.481 e. The van der Waals surface area contributed by atoms with E-state index in [2.05, 4.69) is 26.5 Å². The van der Waals surface area contributed by atoms with Crippen LogP contribution in [0.1, 0.15) is 22.8 Å². The third-order valence-electron chi connectivity index (χ3n) is 4.05. The highest BCUT2D eigenvalue weighted by Crippen LogP contribution is 2.17. The Morgan fingerprint density at radius 2 is 1.58 bits per heavy atom. The second-order valence-electron chi connectivity index (χ2n) is 6.41. The third-order valence-corrected chi connectivity index (χ3v) is 4.84. The molecule has 0 radical (unpaired) electrons. The minimum Gasteiger partial charge on any atom is -0.481 e. The molecule has 1 amide bonds. The molecule has 0 unspecified atom stereocenters. The predicted molar refractivity (Wildman–Crippen MR) is 123 cm³/mol. The molecule has 3 rings (SSSR count). The summed E-state index contributed by atoms with van der Waals surface area (Å²) in [5.41, 5.74) is 3.55. The average molecular weight is 502 g/mol. The highest BCUT2D eigenvalue weighted by Gasteiger charge is 2.13. The van der Waals surface area contributed by atoms with Gasteiger partial charge in [0.1, 0.15) is 11.5 Å². The number of esters is 1. The zero-order chi connectivity index (χ0) is 22.2. The van der Waals surface area contributed by atoms with Crippen molar-refractivity contribution in [1.82, 2.24) is 5.43 Å². The van der Waals surface area contributed by atoms with Crippen molar-refractivity contribution >= 4 is 45.6 Å². The average Bonchev–Trinajstić information content (AvgIpc) is 2.77. The maximum absolute atomic E-state index is 12.1. The summed E-state index contributed by atoms with van der Waals surface area (Å²) >= 11 is 9.16. The van der Waals surface area contributed by atoms with Gasteiger partial charge in [-0.25, -0.2) is 10.2 Å². The Balaban J connectivity index is 1.49. The number of amides is 1. The molecule has 158 valence electrons. The summed E-state index contributed by atoms with van der Waals surface area (Å²) in [6, 6.07) is 20.3. The van der Waals surface area contributed by atoms with Gasteiger partial charge >= 0.3 is 5.97 Å². The molecule has 0 aliphatic carbocycles. The molecule has 3 aromatic rings. The zero-order valence-corrected chi connectivity index (χ0v) is 18.8. The number of hydrogen-bond donors (Lipinski definition) is 1. The summed E-state index contributed by atoms with van der Waals surface area (Å²) in [6.07, 6.45) is 0.766. The van der Waals surface area contributed by atoms with Crippen LogP contribution < -0.4 is 14.9 Å². The predicted octanol–water partition coefficient (Wildman–Crippen LogP) is 5.24. The molecule has 0 spiro atoms. The molecule has 0 aliphatic rings. The number of hydrogen-bond acceptors (Lipinski definition) is 5. The van der Waals surface area contributed by atoms with E-state index >= 15 is 0 Å². The van der Waals surface area contributed by atoms with Crippen LogP contribution in [0.15, 0.2) is 82.4 Å². The Hall–Kier alpha value is -3.16. The van der Waals surface area contributed by atoms with Gasteiger partial charge in [-0.1, -0.05) is 27.5 Å². The van der Waals surface area contributed by atoms with Crippen LogP contribution in [0.4, 0.5) is 0 Å². The van der Waals surface area contributed by atoms with Crippen LogP contribution in [0, 0.1) is 0 Å². The van der Waals surface area contributed by atoms with E-state index in [9.17, 15) is 9.59 Å². The monoisotopic (exact) mass is 500 g/mol. The van der Waals surface area contributed by atoms with Gasteiger partial charge in [-0.15, -0.1) is 0 Å². The van der Waals surface area contributed by atoms with E-state index in [4.69, 9.17) is 21.1 Å². The second kappa shape index (κ2) is 10.7. The molecule has 6 nitrogen and oxygen atoms in total. The maximum Gasteiger partial charge on any atom is 0.343 e. The van der Waals surface area contributed by atoms with Gasteiger partial charge in [0.25, 0.3) is 5.91 Å². The summed E-state index contributed by atoms with van der Waals surface area (Å²) in [5, 5.41) is 4.48. The van der Waals surface area contributed by atoms with Gasteiger partial charge in [-0.3, -0.25) is 4.79 Å². The van der Waals surface area contributed by atoms with Gasteiger partial charge in [-0.2, -0.15) is 5.10 Å². The van der Waals surface area contributed by atoms with Gasteiger partial charge in [0.05, 0.1) is 11.8 Å². The first-order valence-electron chi connectivity index (χ1n) is 9.23. The van der Waals surface area contributed by atoms with Gasteiger partial charge in [0.2, 0.25) is 0 Å². The Labute approximate surface area is 193 Å². The van der Waals surface area contributed by atoms with E-state index < -0.39 is 12.1 Å². The van der Waals surface area contributed by atoms with Crippen molar-refractivity contribution in [3.8, 4) is 11.5 Å². The molecule has 1 N–H and O–H groups in total. The number of hydrazone groups is 1.